The van der Waals surface area contributed by atoms with Gasteiger partial charge < -0.3 is 19.7 Å². The summed E-state index contributed by atoms with van der Waals surface area (Å²) in [6.45, 7) is 7.79. The van der Waals surface area contributed by atoms with Crippen LogP contribution in [-0.2, 0) is 14.3 Å². The molecule has 5 nitrogen and oxygen atoms in total. The maximum atomic E-state index is 10.0. The summed E-state index contributed by atoms with van der Waals surface area (Å²) in [5.41, 5.74) is 0.935. The first kappa shape index (κ1) is 22.4. The molecule has 0 saturated carbocycles. The molecule has 0 aromatic carbocycles. The molecular weight excluding hydrogens is 272 g/mol. The minimum atomic E-state index is -0.846. The summed E-state index contributed by atoms with van der Waals surface area (Å²) < 4.78 is 10.2. The largest absolute Gasteiger partial charge is 0.478 e. The van der Waals surface area contributed by atoms with Crippen LogP contribution in [0.2, 0.25) is 0 Å². The first-order chi connectivity index (χ1) is 9.83. The van der Waals surface area contributed by atoms with Crippen molar-refractivity contribution in [1.82, 2.24) is 0 Å². The Morgan fingerprint density at radius 3 is 2.10 bits per heavy atom. The summed E-state index contributed by atoms with van der Waals surface area (Å²) in [7, 11) is 3.22. The number of rotatable bonds is 9. The third kappa shape index (κ3) is 12.5. The lowest BCUT2D eigenvalue weighted by Gasteiger charge is -2.25. The molecule has 126 valence electrons. The highest BCUT2D eigenvalue weighted by Gasteiger charge is 2.23. The van der Waals surface area contributed by atoms with Crippen molar-refractivity contribution in [2.75, 3.05) is 14.2 Å². The van der Waals surface area contributed by atoms with Gasteiger partial charge in [0, 0.05) is 20.3 Å². The van der Waals surface area contributed by atoms with Gasteiger partial charge in [-0.25, -0.2) is 4.79 Å². The number of methoxy groups -OCH3 is 2. The normalized spacial score (nSPS) is 15.7. The lowest BCUT2D eigenvalue weighted by molar-refractivity contribution is -0.131. The summed E-state index contributed by atoms with van der Waals surface area (Å²) in [6.07, 6.45) is 4.16. The molecule has 0 aliphatic carbocycles. The van der Waals surface area contributed by atoms with Crippen molar-refractivity contribution in [3.8, 4) is 0 Å². The van der Waals surface area contributed by atoms with Gasteiger partial charge in [0.05, 0.1) is 12.2 Å². The zero-order valence-electron chi connectivity index (χ0n) is 14.3. The minimum Gasteiger partial charge on any atom is -0.478 e. The highest BCUT2D eigenvalue weighted by molar-refractivity contribution is 5.80. The van der Waals surface area contributed by atoms with E-state index in [0.29, 0.717) is 0 Å². The molecular formula is C16H32O5. The van der Waals surface area contributed by atoms with Crippen LogP contribution >= 0.6 is 0 Å². The van der Waals surface area contributed by atoms with Crippen molar-refractivity contribution in [3.63, 3.8) is 0 Å². The van der Waals surface area contributed by atoms with Gasteiger partial charge in [-0.15, -0.1) is 0 Å². The second kappa shape index (κ2) is 14.0. The van der Waals surface area contributed by atoms with Gasteiger partial charge in [-0.1, -0.05) is 32.3 Å². The number of aliphatic hydroxyl groups is 1. The number of carboxylic acid groups (broad SMARTS) is 1. The molecule has 0 heterocycles. The van der Waals surface area contributed by atoms with E-state index in [1.54, 1.807) is 14.2 Å². The van der Waals surface area contributed by atoms with E-state index in [2.05, 4.69) is 0 Å². The SMILES string of the molecule is CCCC(C)=CC(=O)O.CCCC(O)C(OC)C(C)OC. The van der Waals surface area contributed by atoms with Crippen molar-refractivity contribution >= 4 is 5.97 Å². The molecule has 21 heavy (non-hydrogen) atoms. The van der Waals surface area contributed by atoms with Gasteiger partial charge >= 0.3 is 5.97 Å². The average molecular weight is 304 g/mol. The molecule has 0 radical (unpaired) electrons. The predicted octanol–water partition coefficient (Wildman–Crippen LogP) is 3.01. The second-order valence-corrected chi connectivity index (χ2v) is 5.08. The van der Waals surface area contributed by atoms with Gasteiger partial charge in [-0.2, -0.15) is 0 Å². The van der Waals surface area contributed by atoms with Crippen molar-refractivity contribution in [1.29, 1.82) is 0 Å². The fourth-order valence-corrected chi connectivity index (χ4v) is 1.93. The Hall–Kier alpha value is -0.910. The van der Waals surface area contributed by atoms with Crippen LogP contribution in [0.4, 0.5) is 0 Å². The van der Waals surface area contributed by atoms with Crippen LogP contribution in [0.5, 0.6) is 0 Å². The lowest BCUT2D eigenvalue weighted by atomic mass is 10.0. The molecule has 0 aliphatic rings. The number of carboxylic acids is 1. The number of aliphatic hydroxyl groups excluding tert-OH is 1. The molecule has 0 spiro atoms. The van der Waals surface area contributed by atoms with Crippen LogP contribution in [-0.4, -0.2) is 48.7 Å². The Balaban J connectivity index is 0. The van der Waals surface area contributed by atoms with Crippen molar-refractivity contribution in [3.05, 3.63) is 11.6 Å². The van der Waals surface area contributed by atoms with E-state index in [-0.39, 0.29) is 12.2 Å². The Labute approximate surface area is 129 Å². The molecule has 2 N–H and O–H groups in total. The molecule has 0 amide bonds. The molecule has 0 aromatic rings. The van der Waals surface area contributed by atoms with E-state index < -0.39 is 12.1 Å². The van der Waals surface area contributed by atoms with Gasteiger partial charge in [0.15, 0.2) is 0 Å². The van der Waals surface area contributed by atoms with Crippen LogP contribution in [0.3, 0.4) is 0 Å². The number of ether oxygens (including phenoxy) is 2. The zero-order valence-corrected chi connectivity index (χ0v) is 14.3. The topological polar surface area (TPSA) is 76.0 Å². The van der Waals surface area contributed by atoms with Gasteiger partial charge in [-0.05, 0) is 26.7 Å². The number of carbonyl (C=O) groups is 1. The molecule has 0 fully saturated rings. The molecule has 0 bridgehead atoms. The van der Waals surface area contributed by atoms with Gasteiger partial charge in [0.2, 0.25) is 0 Å². The highest BCUT2D eigenvalue weighted by Crippen LogP contribution is 2.11. The number of aliphatic carboxylic acids is 1. The highest BCUT2D eigenvalue weighted by atomic mass is 16.5. The first-order valence-corrected chi connectivity index (χ1v) is 7.47. The van der Waals surface area contributed by atoms with Gasteiger partial charge in [-0.3, -0.25) is 0 Å². The van der Waals surface area contributed by atoms with Gasteiger partial charge in [0.25, 0.3) is 0 Å². The minimum absolute atomic E-state index is 0.0588. The Kier molecular flexibility index (Phi) is 15.0. The monoisotopic (exact) mass is 304 g/mol. The molecule has 5 heteroatoms. The van der Waals surface area contributed by atoms with Crippen LogP contribution < -0.4 is 0 Å². The molecule has 0 aliphatic heterocycles. The molecule has 3 unspecified atom stereocenters. The number of hydrogen-bond donors (Lipinski definition) is 2. The van der Waals surface area contributed by atoms with E-state index in [0.717, 1.165) is 31.3 Å². The summed E-state index contributed by atoms with van der Waals surface area (Å²) >= 11 is 0. The third-order valence-electron chi connectivity index (χ3n) is 3.08. The van der Waals surface area contributed by atoms with E-state index in [1.807, 2.05) is 27.7 Å². The zero-order chi connectivity index (χ0) is 16.8. The summed E-state index contributed by atoms with van der Waals surface area (Å²) in [4.78, 5) is 10.0. The maximum Gasteiger partial charge on any atom is 0.328 e. The second-order valence-electron chi connectivity index (χ2n) is 5.08. The summed E-state index contributed by atoms with van der Waals surface area (Å²) in [5.74, 6) is -0.846. The lowest BCUT2D eigenvalue weighted by Crippen LogP contribution is -2.38. The molecule has 0 aromatic heterocycles. The quantitative estimate of drug-likeness (QED) is 0.640. The Morgan fingerprint density at radius 2 is 1.76 bits per heavy atom. The van der Waals surface area contributed by atoms with Crippen LogP contribution in [0.15, 0.2) is 11.6 Å². The smallest absolute Gasteiger partial charge is 0.328 e. The van der Waals surface area contributed by atoms with Crippen molar-refractivity contribution in [2.24, 2.45) is 0 Å². The van der Waals surface area contributed by atoms with Crippen LogP contribution in [0.1, 0.15) is 53.4 Å². The van der Waals surface area contributed by atoms with E-state index in [9.17, 15) is 9.90 Å². The van der Waals surface area contributed by atoms with Gasteiger partial charge in [0.1, 0.15) is 6.10 Å². The Bertz CT molecular complexity index is 288. The predicted molar refractivity (Wildman–Crippen MR) is 84.5 cm³/mol. The van der Waals surface area contributed by atoms with Crippen molar-refractivity contribution in [2.45, 2.75) is 71.7 Å². The average Bonchev–Trinajstić information content (AvgIpc) is 2.39. The fraction of sp³-hybridized carbons (Fsp3) is 0.812. The van der Waals surface area contributed by atoms with Crippen molar-refractivity contribution < 1.29 is 24.5 Å². The maximum absolute atomic E-state index is 10.0. The van der Waals surface area contributed by atoms with Crippen LogP contribution in [0, 0.1) is 0 Å². The van der Waals surface area contributed by atoms with Crippen LogP contribution in [0.25, 0.3) is 0 Å². The summed E-state index contributed by atoms with van der Waals surface area (Å²) in [5, 5.41) is 17.8. The number of hydrogen-bond acceptors (Lipinski definition) is 4. The number of allylic oxidation sites excluding steroid dienone is 1. The standard InChI is InChI=1S/C9H20O3.C7H12O2/c1-5-6-8(10)9(12-4)7(2)11-3;1-3-4-6(2)5-7(8)9/h7-10H,5-6H2,1-4H3;5H,3-4H2,1-2H3,(H,8,9). The molecule has 0 saturated heterocycles. The molecule has 3 atom stereocenters. The fourth-order valence-electron chi connectivity index (χ4n) is 1.93. The van der Waals surface area contributed by atoms with E-state index in [4.69, 9.17) is 14.6 Å². The first-order valence-electron chi connectivity index (χ1n) is 7.47. The Morgan fingerprint density at radius 1 is 1.19 bits per heavy atom. The molecule has 0 rings (SSSR count). The van der Waals surface area contributed by atoms with E-state index >= 15 is 0 Å². The third-order valence-corrected chi connectivity index (χ3v) is 3.08. The van der Waals surface area contributed by atoms with E-state index in [1.165, 1.54) is 6.08 Å². The summed E-state index contributed by atoms with van der Waals surface area (Å²) in [6, 6.07) is 0.